The number of hydrogen-bond donors (Lipinski definition) is 1. The Morgan fingerprint density at radius 1 is 1.24 bits per heavy atom. The van der Waals surface area contributed by atoms with Crippen LogP contribution in [0.4, 0.5) is 8.78 Å². The molecule has 0 spiro atoms. The first-order valence-electron chi connectivity index (χ1n) is 5.12. The van der Waals surface area contributed by atoms with E-state index >= 15 is 0 Å². The molecule has 0 bridgehead atoms. The first-order chi connectivity index (χ1) is 8.00. The Morgan fingerprint density at radius 3 is 2.29 bits per heavy atom. The highest BCUT2D eigenvalue weighted by Gasteiger charge is 2.27. The summed E-state index contributed by atoms with van der Waals surface area (Å²) in [7, 11) is -4.32. The van der Waals surface area contributed by atoms with Gasteiger partial charge in [0.05, 0.1) is 6.10 Å². The van der Waals surface area contributed by atoms with Crippen LogP contribution < -0.4 is 4.89 Å². The fourth-order valence-corrected chi connectivity index (χ4v) is 2.40. The van der Waals surface area contributed by atoms with Gasteiger partial charge < -0.3 is 0 Å². The van der Waals surface area contributed by atoms with Gasteiger partial charge in [0.2, 0.25) is 0 Å². The van der Waals surface area contributed by atoms with Crippen LogP contribution in [0, 0.1) is 11.6 Å². The summed E-state index contributed by atoms with van der Waals surface area (Å²) in [5, 5.41) is 0. The third-order valence-electron chi connectivity index (χ3n) is 2.56. The van der Waals surface area contributed by atoms with Crippen LogP contribution in [0.15, 0.2) is 23.1 Å². The average Bonchev–Trinajstić information content (AvgIpc) is 2.13. The van der Waals surface area contributed by atoms with Crippen LogP contribution in [-0.4, -0.2) is 14.5 Å². The molecule has 1 saturated carbocycles. The molecule has 0 unspecified atom stereocenters. The lowest BCUT2D eigenvalue weighted by Gasteiger charge is -2.24. The van der Waals surface area contributed by atoms with Crippen LogP contribution in [0.2, 0.25) is 0 Å². The van der Waals surface area contributed by atoms with Gasteiger partial charge in [-0.25, -0.2) is 17.2 Å². The van der Waals surface area contributed by atoms with E-state index in [-0.39, 0.29) is 6.10 Å². The van der Waals surface area contributed by atoms with Crippen LogP contribution in [0.3, 0.4) is 0 Å². The Labute approximate surface area is 97.6 Å². The molecule has 1 fully saturated rings. The van der Waals surface area contributed by atoms with E-state index in [0.717, 1.165) is 37.5 Å². The van der Waals surface area contributed by atoms with Crippen molar-refractivity contribution in [1.82, 2.24) is 4.89 Å². The first-order valence-corrected chi connectivity index (χ1v) is 6.60. The number of benzene rings is 1. The van der Waals surface area contributed by atoms with Crippen molar-refractivity contribution in [2.75, 3.05) is 0 Å². The minimum absolute atomic E-state index is 0.209. The summed E-state index contributed by atoms with van der Waals surface area (Å²) in [6.07, 6.45) is 2.23. The van der Waals surface area contributed by atoms with Crippen molar-refractivity contribution in [2.45, 2.75) is 30.3 Å². The van der Waals surface area contributed by atoms with E-state index in [2.05, 4.69) is 0 Å². The van der Waals surface area contributed by atoms with Gasteiger partial charge in [-0.1, -0.05) is 11.0 Å². The lowest BCUT2D eigenvalue weighted by atomic mass is 9.97. The summed E-state index contributed by atoms with van der Waals surface area (Å²) < 4.78 is 49.7. The third-order valence-corrected chi connectivity index (χ3v) is 3.81. The minimum atomic E-state index is -4.32. The lowest BCUT2D eigenvalue weighted by molar-refractivity contribution is -0.0281. The Balaban J connectivity index is 2.18. The maximum Gasteiger partial charge on any atom is 0.268 e. The smallest absolute Gasteiger partial charge is 0.268 e. The predicted molar refractivity (Wildman–Crippen MR) is 55.4 cm³/mol. The topological polar surface area (TPSA) is 55.4 Å². The van der Waals surface area contributed by atoms with Gasteiger partial charge in [-0.15, -0.1) is 0 Å². The van der Waals surface area contributed by atoms with Crippen LogP contribution >= 0.6 is 0 Å². The second-order valence-electron chi connectivity index (χ2n) is 3.81. The van der Waals surface area contributed by atoms with Crippen LogP contribution in [-0.2, 0) is 14.9 Å². The molecule has 1 N–H and O–H groups in total. The zero-order valence-electron chi connectivity index (χ0n) is 8.82. The normalized spacial score (nSPS) is 16.8. The number of halogens is 2. The Bertz CT molecular complexity index is 494. The maximum absolute atomic E-state index is 13.3. The van der Waals surface area contributed by atoms with E-state index in [1.807, 2.05) is 0 Å². The molecule has 1 aromatic carbocycles. The van der Waals surface area contributed by atoms with E-state index in [4.69, 9.17) is 4.84 Å². The van der Waals surface area contributed by atoms with Crippen molar-refractivity contribution in [3.05, 3.63) is 29.8 Å². The highest BCUT2D eigenvalue weighted by atomic mass is 32.2. The molecule has 94 valence electrons. The molecular weight excluding hydrogens is 252 g/mol. The maximum atomic E-state index is 13.3. The molecule has 0 amide bonds. The second kappa shape index (κ2) is 4.67. The van der Waals surface area contributed by atoms with E-state index in [1.54, 1.807) is 4.89 Å². The molecule has 4 nitrogen and oxygen atoms in total. The fourth-order valence-electron chi connectivity index (χ4n) is 1.40. The van der Waals surface area contributed by atoms with Gasteiger partial charge in [-0.2, -0.15) is 0 Å². The van der Waals surface area contributed by atoms with Crippen LogP contribution in [0.5, 0.6) is 0 Å². The van der Waals surface area contributed by atoms with Gasteiger partial charge in [0.25, 0.3) is 10.0 Å². The van der Waals surface area contributed by atoms with Gasteiger partial charge in [0, 0.05) is 0 Å². The standard InChI is InChI=1S/C10H11F2NO3S/c11-8-5-2-6-9(12)10(8)17(14,15)13-16-7-3-1-4-7/h2,5-7,13H,1,3-4H2. The molecule has 0 saturated heterocycles. The van der Waals surface area contributed by atoms with Gasteiger partial charge >= 0.3 is 0 Å². The summed E-state index contributed by atoms with van der Waals surface area (Å²) in [6, 6.07) is 2.85. The van der Waals surface area contributed by atoms with E-state index in [0.29, 0.717) is 0 Å². The van der Waals surface area contributed by atoms with Crippen molar-refractivity contribution in [2.24, 2.45) is 0 Å². The van der Waals surface area contributed by atoms with Crippen molar-refractivity contribution < 1.29 is 22.0 Å². The molecular formula is C10H11F2NO3S. The van der Waals surface area contributed by atoms with Gasteiger partial charge in [0.1, 0.15) is 11.6 Å². The number of rotatable bonds is 4. The average molecular weight is 263 g/mol. The van der Waals surface area contributed by atoms with Crippen molar-refractivity contribution in [3.8, 4) is 0 Å². The zero-order valence-corrected chi connectivity index (χ0v) is 9.64. The minimum Gasteiger partial charge on any atom is -0.284 e. The molecule has 17 heavy (non-hydrogen) atoms. The highest BCUT2D eigenvalue weighted by Crippen LogP contribution is 2.23. The van der Waals surface area contributed by atoms with Gasteiger partial charge in [-0.05, 0) is 31.4 Å². The van der Waals surface area contributed by atoms with E-state index in [1.165, 1.54) is 0 Å². The molecule has 1 aliphatic carbocycles. The SMILES string of the molecule is O=S(=O)(NOC1CCC1)c1c(F)cccc1F. The Kier molecular flexibility index (Phi) is 3.41. The molecule has 2 rings (SSSR count). The molecule has 0 aromatic heterocycles. The molecule has 0 aliphatic heterocycles. The summed E-state index contributed by atoms with van der Waals surface area (Å²) in [5.74, 6) is -2.29. The lowest BCUT2D eigenvalue weighted by Crippen LogP contribution is -2.34. The summed E-state index contributed by atoms with van der Waals surface area (Å²) >= 11 is 0. The zero-order chi connectivity index (χ0) is 12.5. The van der Waals surface area contributed by atoms with E-state index < -0.39 is 26.6 Å². The van der Waals surface area contributed by atoms with Crippen molar-refractivity contribution in [3.63, 3.8) is 0 Å². The van der Waals surface area contributed by atoms with Crippen LogP contribution in [0.1, 0.15) is 19.3 Å². The Morgan fingerprint density at radius 2 is 1.82 bits per heavy atom. The third kappa shape index (κ3) is 2.62. The number of sulfonamides is 1. The van der Waals surface area contributed by atoms with Gasteiger partial charge in [0.15, 0.2) is 4.90 Å². The van der Waals surface area contributed by atoms with Crippen molar-refractivity contribution >= 4 is 10.0 Å². The van der Waals surface area contributed by atoms with Crippen molar-refractivity contribution in [1.29, 1.82) is 0 Å². The van der Waals surface area contributed by atoms with E-state index in [9.17, 15) is 17.2 Å². The first kappa shape index (κ1) is 12.4. The summed E-state index contributed by atoms with van der Waals surface area (Å²) in [5.41, 5.74) is 0. The largest absolute Gasteiger partial charge is 0.284 e. The predicted octanol–water partition coefficient (Wildman–Crippen LogP) is 1.73. The quantitative estimate of drug-likeness (QED) is 0.842. The molecule has 0 atom stereocenters. The monoisotopic (exact) mass is 263 g/mol. The fraction of sp³-hybridized carbons (Fsp3) is 0.400. The molecule has 7 heteroatoms. The number of hydrogen-bond acceptors (Lipinski definition) is 3. The number of nitrogens with one attached hydrogen (secondary N) is 1. The molecule has 0 radical (unpaired) electrons. The molecule has 0 heterocycles. The second-order valence-corrected chi connectivity index (χ2v) is 5.39. The molecule has 1 aliphatic rings. The van der Waals surface area contributed by atoms with Gasteiger partial charge in [-0.3, -0.25) is 4.84 Å². The summed E-state index contributed by atoms with van der Waals surface area (Å²) in [6.45, 7) is 0. The Hall–Kier alpha value is -1.05. The molecule has 1 aromatic rings. The summed E-state index contributed by atoms with van der Waals surface area (Å²) in [4.78, 5) is 5.57. The van der Waals surface area contributed by atoms with Crippen LogP contribution in [0.25, 0.3) is 0 Å². The highest BCUT2D eigenvalue weighted by molar-refractivity contribution is 7.89.